The molecule has 2 amide bonds. The summed E-state index contributed by atoms with van der Waals surface area (Å²) in [5.74, 6) is -1.50. The first-order valence-electron chi connectivity index (χ1n) is 6.15. The van der Waals surface area contributed by atoms with Gasteiger partial charge in [-0.2, -0.15) is 5.10 Å². The molecular formula is C13H14ClN5O2. The van der Waals surface area contributed by atoms with Gasteiger partial charge in [0.15, 0.2) is 0 Å². The van der Waals surface area contributed by atoms with E-state index in [1.807, 2.05) is 6.92 Å². The van der Waals surface area contributed by atoms with Crippen LogP contribution in [0, 0.1) is 6.92 Å². The Morgan fingerprint density at radius 1 is 1.38 bits per heavy atom. The number of nitrogens with one attached hydrogen (secondary N) is 2. The fraction of sp³-hybridized carbons (Fsp3) is 0.231. The minimum absolute atomic E-state index is 0.235. The van der Waals surface area contributed by atoms with E-state index < -0.39 is 11.8 Å². The highest BCUT2D eigenvalue weighted by atomic mass is 35.5. The summed E-state index contributed by atoms with van der Waals surface area (Å²) < 4.78 is 1.65. The van der Waals surface area contributed by atoms with Crippen LogP contribution in [0.1, 0.15) is 11.3 Å². The summed E-state index contributed by atoms with van der Waals surface area (Å²) in [4.78, 5) is 27.2. The van der Waals surface area contributed by atoms with Gasteiger partial charge < -0.3 is 10.6 Å². The van der Waals surface area contributed by atoms with Gasteiger partial charge in [-0.05, 0) is 19.1 Å². The highest BCUT2D eigenvalue weighted by Crippen LogP contribution is 2.11. The normalized spacial score (nSPS) is 10.2. The highest BCUT2D eigenvalue weighted by molar-refractivity contribution is 6.39. The van der Waals surface area contributed by atoms with Crippen molar-refractivity contribution in [2.24, 2.45) is 7.05 Å². The van der Waals surface area contributed by atoms with Gasteiger partial charge in [-0.25, -0.2) is 4.98 Å². The standard InChI is InChI=1S/C13H14ClN5O2/c1-8-9(7-19(2)18-8)6-16-12(20)13(21)17-10-3-4-15-11(14)5-10/h3-5,7H,6H2,1-2H3,(H,16,20)(H,15,17,21). The molecular weight excluding hydrogens is 294 g/mol. The average molecular weight is 308 g/mol. The lowest BCUT2D eigenvalue weighted by Gasteiger charge is -2.06. The molecule has 8 heteroatoms. The molecule has 0 unspecified atom stereocenters. The maximum absolute atomic E-state index is 11.7. The highest BCUT2D eigenvalue weighted by Gasteiger charge is 2.14. The van der Waals surface area contributed by atoms with Crippen LogP contribution in [-0.4, -0.2) is 26.6 Å². The van der Waals surface area contributed by atoms with Crippen molar-refractivity contribution < 1.29 is 9.59 Å². The van der Waals surface area contributed by atoms with Gasteiger partial charge in [0.05, 0.1) is 5.69 Å². The van der Waals surface area contributed by atoms with E-state index in [-0.39, 0.29) is 11.7 Å². The van der Waals surface area contributed by atoms with E-state index in [9.17, 15) is 9.59 Å². The summed E-state index contributed by atoms with van der Waals surface area (Å²) in [6.07, 6.45) is 3.23. The minimum atomic E-state index is -0.765. The molecule has 0 aliphatic heterocycles. The van der Waals surface area contributed by atoms with Crippen molar-refractivity contribution in [3.05, 3.63) is 40.9 Å². The Morgan fingerprint density at radius 3 is 2.76 bits per heavy atom. The summed E-state index contributed by atoms with van der Waals surface area (Å²) >= 11 is 5.70. The van der Waals surface area contributed by atoms with Gasteiger partial charge in [0.25, 0.3) is 0 Å². The van der Waals surface area contributed by atoms with Crippen LogP contribution in [0.5, 0.6) is 0 Å². The molecule has 0 fully saturated rings. The van der Waals surface area contributed by atoms with E-state index in [0.717, 1.165) is 11.3 Å². The Balaban J connectivity index is 1.91. The van der Waals surface area contributed by atoms with Gasteiger partial charge in [0.1, 0.15) is 5.15 Å². The predicted octanol–water partition coefficient (Wildman–Crippen LogP) is 1.03. The first kappa shape index (κ1) is 15.0. The maximum Gasteiger partial charge on any atom is 0.313 e. The Labute approximate surface area is 126 Å². The van der Waals surface area contributed by atoms with E-state index in [1.165, 1.54) is 12.3 Å². The second kappa shape index (κ2) is 6.36. The summed E-state index contributed by atoms with van der Waals surface area (Å²) in [6, 6.07) is 3.00. The lowest BCUT2D eigenvalue weighted by atomic mass is 10.2. The third-order valence-electron chi connectivity index (χ3n) is 2.75. The molecule has 0 aliphatic rings. The molecule has 0 aliphatic carbocycles. The Kier molecular flexibility index (Phi) is 4.54. The molecule has 2 aromatic heterocycles. The number of rotatable bonds is 3. The fourth-order valence-electron chi connectivity index (χ4n) is 1.75. The Hall–Kier alpha value is -2.41. The number of carbonyl (C=O) groups is 2. The first-order valence-corrected chi connectivity index (χ1v) is 6.53. The molecule has 0 bridgehead atoms. The van der Waals surface area contributed by atoms with Crippen molar-refractivity contribution >= 4 is 29.1 Å². The first-order chi connectivity index (χ1) is 9.95. The molecule has 0 spiro atoms. The van der Waals surface area contributed by atoms with E-state index >= 15 is 0 Å². The smallest absolute Gasteiger partial charge is 0.313 e. The largest absolute Gasteiger partial charge is 0.344 e. The molecule has 21 heavy (non-hydrogen) atoms. The number of hydrogen-bond acceptors (Lipinski definition) is 4. The molecule has 7 nitrogen and oxygen atoms in total. The Bertz CT molecular complexity index is 683. The summed E-state index contributed by atoms with van der Waals surface area (Å²) in [7, 11) is 1.79. The molecule has 110 valence electrons. The van der Waals surface area contributed by atoms with Crippen molar-refractivity contribution in [3.8, 4) is 0 Å². The van der Waals surface area contributed by atoms with E-state index in [1.54, 1.807) is 24.0 Å². The van der Waals surface area contributed by atoms with Crippen LogP contribution in [0.4, 0.5) is 5.69 Å². The zero-order valence-corrected chi connectivity index (χ0v) is 12.3. The second-order valence-corrected chi connectivity index (χ2v) is 4.80. The molecule has 2 rings (SSSR count). The van der Waals surface area contributed by atoms with Crippen molar-refractivity contribution in [1.29, 1.82) is 0 Å². The number of halogens is 1. The molecule has 2 aromatic rings. The van der Waals surface area contributed by atoms with Crippen LogP contribution in [0.15, 0.2) is 24.5 Å². The summed E-state index contributed by atoms with van der Waals surface area (Å²) in [5.41, 5.74) is 2.07. The minimum Gasteiger partial charge on any atom is -0.344 e. The van der Waals surface area contributed by atoms with Crippen LogP contribution >= 0.6 is 11.6 Å². The number of carbonyl (C=O) groups excluding carboxylic acids is 2. The van der Waals surface area contributed by atoms with Gasteiger partial charge in [0.2, 0.25) is 0 Å². The molecule has 2 heterocycles. The molecule has 0 saturated heterocycles. The van der Waals surface area contributed by atoms with Crippen LogP contribution in [-0.2, 0) is 23.2 Å². The number of anilines is 1. The number of nitrogens with zero attached hydrogens (tertiary/aromatic N) is 3. The number of pyridine rings is 1. The molecule has 0 radical (unpaired) electrons. The fourth-order valence-corrected chi connectivity index (χ4v) is 1.92. The number of aryl methyl sites for hydroxylation is 2. The quantitative estimate of drug-likeness (QED) is 0.655. The number of hydrogen-bond donors (Lipinski definition) is 2. The van der Waals surface area contributed by atoms with E-state index in [0.29, 0.717) is 5.69 Å². The van der Waals surface area contributed by atoms with Crippen LogP contribution in [0.3, 0.4) is 0 Å². The van der Waals surface area contributed by atoms with Crippen LogP contribution in [0.2, 0.25) is 5.15 Å². The van der Waals surface area contributed by atoms with Gasteiger partial charge in [-0.3, -0.25) is 14.3 Å². The van der Waals surface area contributed by atoms with Gasteiger partial charge in [-0.1, -0.05) is 11.6 Å². The predicted molar refractivity (Wildman–Crippen MR) is 77.7 cm³/mol. The van der Waals surface area contributed by atoms with Gasteiger partial charge >= 0.3 is 11.8 Å². The van der Waals surface area contributed by atoms with Crippen molar-refractivity contribution in [2.45, 2.75) is 13.5 Å². The third-order valence-corrected chi connectivity index (χ3v) is 2.95. The number of amides is 2. The monoisotopic (exact) mass is 307 g/mol. The Morgan fingerprint density at radius 2 is 2.14 bits per heavy atom. The molecule has 0 saturated carbocycles. The molecule has 0 aromatic carbocycles. The van der Waals surface area contributed by atoms with Crippen molar-refractivity contribution in [3.63, 3.8) is 0 Å². The topological polar surface area (TPSA) is 88.9 Å². The van der Waals surface area contributed by atoms with E-state index in [4.69, 9.17) is 11.6 Å². The van der Waals surface area contributed by atoms with Crippen LogP contribution in [0.25, 0.3) is 0 Å². The van der Waals surface area contributed by atoms with Crippen LogP contribution < -0.4 is 10.6 Å². The zero-order chi connectivity index (χ0) is 15.4. The molecule has 0 atom stereocenters. The lowest BCUT2D eigenvalue weighted by Crippen LogP contribution is -2.35. The SMILES string of the molecule is Cc1nn(C)cc1CNC(=O)C(=O)Nc1ccnc(Cl)c1. The average Bonchev–Trinajstić information content (AvgIpc) is 2.74. The maximum atomic E-state index is 11.7. The zero-order valence-electron chi connectivity index (χ0n) is 11.6. The number of aromatic nitrogens is 3. The third kappa shape index (κ3) is 4.03. The lowest BCUT2D eigenvalue weighted by molar-refractivity contribution is -0.136. The van der Waals surface area contributed by atoms with Crippen molar-refractivity contribution in [2.75, 3.05) is 5.32 Å². The summed E-state index contributed by atoms with van der Waals surface area (Å²) in [6.45, 7) is 2.07. The van der Waals surface area contributed by atoms with Gasteiger partial charge in [-0.15, -0.1) is 0 Å². The summed E-state index contributed by atoms with van der Waals surface area (Å²) in [5, 5.41) is 9.37. The second-order valence-electron chi connectivity index (χ2n) is 4.42. The van der Waals surface area contributed by atoms with E-state index in [2.05, 4.69) is 20.7 Å². The van der Waals surface area contributed by atoms with Crippen molar-refractivity contribution in [1.82, 2.24) is 20.1 Å². The molecule has 2 N–H and O–H groups in total. The van der Waals surface area contributed by atoms with Gasteiger partial charge in [0, 0.05) is 37.2 Å².